The molecule has 0 bridgehead atoms. The molecule has 0 saturated carbocycles. The van der Waals surface area contributed by atoms with E-state index in [9.17, 15) is 14.4 Å². The van der Waals surface area contributed by atoms with Crippen LogP contribution in [0.15, 0.2) is 24.3 Å². The van der Waals surface area contributed by atoms with Crippen molar-refractivity contribution in [3.05, 3.63) is 35.4 Å². The summed E-state index contributed by atoms with van der Waals surface area (Å²) in [6.45, 7) is 1.32. The molecule has 2 N–H and O–H groups in total. The van der Waals surface area contributed by atoms with E-state index in [1.807, 2.05) is 0 Å². The molecule has 7 heteroatoms. The maximum atomic E-state index is 12.4. The zero-order valence-corrected chi connectivity index (χ0v) is 12.7. The summed E-state index contributed by atoms with van der Waals surface area (Å²) in [4.78, 5) is 40.5. The number of fused-ring (bicyclic) bond motifs is 1. The number of ketones is 1. The summed E-state index contributed by atoms with van der Waals surface area (Å²) in [5.41, 5.74) is 3.69. The number of carbonyl (C=O) groups excluding carboxylic acids is 3. The molecule has 1 saturated heterocycles. The van der Waals surface area contributed by atoms with Crippen LogP contribution in [0.2, 0.25) is 0 Å². The van der Waals surface area contributed by atoms with Crippen molar-refractivity contribution in [3.8, 4) is 0 Å². The molecule has 3 unspecified atom stereocenters. The Bertz CT molecular complexity index is 645. The van der Waals surface area contributed by atoms with Crippen molar-refractivity contribution in [2.45, 2.75) is 44.6 Å². The fourth-order valence-electron chi connectivity index (χ4n) is 2.89. The van der Waals surface area contributed by atoms with Crippen LogP contribution in [0, 0.1) is 0 Å². The monoisotopic (exact) mass is 318 g/mol. The minimum Gasteiger partial charge on any atom is -0.434 e. The normalized spacial score (nSPS) is 26.6. The standard InChI is InChI=1S/C16H18N2O5/c1-9(19)22-14-8-10(18-23-14)6-7-13-15(20)11-4-2-3-5-12(11)16(21)17-13/h2-5,10,13-14,18H,6-8H2,1H3,(H,17,21). The molecule has 2 aliphatic heterocycles. The van der Waals surface area contributed by atoms with E-state index in [0.29, 0.717) is 30.4 Å². The molecule has 3 atom stereocenters. The second-order valence-electron chi connectivity index (χ2n) is 5.72. The van der Waals surface area contributed by atoms with Crippen LogP contribution in [0.1, 0.15) is 46.9 Å². The van der Waals surface area contributed by atoms with Gasteiger partial charge < -0.3 is 10.1 Å². The summed E-state index contributed by atoms with van der Waals surface area (Å²) in [7, 11) is 0. The lowest BCUT2D eigenvalue weighted by Gasteiger charge is -2.25. The Labute approximate surface area is 133 Å². The van der Waals surface area contributed by atoms with Crippen molar-refractivity contribution >= 4 is 17.7 Å². The Balaban J connectivity index is 1.57. The Hall–Kier alpha value is -2.25. The Morgan fingerprint density at radius 2 is 2.00 bits per heavy atom. The first-order chi connectivity index (χ1) is 11.0. The van der Waals surface area contributed by atoms with Crippen molar-refractivity contribution < 1.29 is 24.0 Å². The highest BCUT2D eigenvalue weighted by molar-refractivity contribution is 6.15. The van der Waals surface area contributed by atoms with Crippen molar-refractivity contribution in [1.82, 2.24) is 10.8 Å². The van der Waals surface area contributed by atoms with Gasteiger partial charge in [0.2, 0.25) is 6.29 Å². The molecule has 2 aliphatic rings. The molecule has 0 aliphatic carbocycles. The molecule has 0 spiro atoms. The highest BCUT2D eigenvalue weighted by Crippen LogP contribution is 2.22. The lowest BCUT2D eigenvalue weighted by atomic mass is 9.90. The predicted octanol–water partition coefficient (Wildman–Crippen LogP) is 0.944. The Kier molecular flexibility index (Phi) is 4.40. The van der Waals surface area contributed by atoms with Gasteiger partial charge in [0.05, 0.1) is 11.6 Å². The van der Waals surface area contributed by atoms with Gasteiger partial charge in [-0.25, -0.2) is 0 Å². The van der Waals surface area contributed by atoms with E-state index in [2.05, 4.69) is 10.8 Å². The van der Waals surface area contributed by atoms with E-state index < -0.39 is 18.3 Å². The second kappa shape index (κ2) is 6.47. The zero-order chi connectivity index (χ0) is 16.4. The van der Waals surface area contributed by atoms with Crippen LogP contribution in [0.5, 0.6) is 0 Å². The van der Waals surface area contributed by atoms with Gasteiger partial charge in [-0.05, 0) is 18.9 Å². The number of rotatable bonds is 4. The fourth-order valence-corrected chi connectivity index (χ4v) is 2.89. The first-order valence-corrected chi connectivity index (χ1v) is 7.57. The van der Waals surface area contributed by atoms with Gasteiger partial charge in [0, 0.05) is 24.9 Å². The molecular formula is C16H18N2O5. The third kappa shape index (κ3) is 3.40. The van der Waals surface area contributed by atoms with Crippen LogP contribution in [-0.2, 0) is 14.4 Å². The van der Waals surface area contributed by atoms with Crippen molar-refractivity contribution in [3.63, 3.8) is 0 Å². The van der Waals surface area contributed by atoms with Gasteiger partial charge in [0.15, 0.2) is 5.78 Å². The number of ether oxygens (including phenoxy) is 1. The molecule has 1 amide bonds. The smallest absolute Gasteiger partial charge is 0.304 e. The zero-order valence-electron chi connectivity index (χ0n) is 12.7. The molecule has 3 rings (SSSR count). The number of esters is 1. The number of nitrogens with one attached hydrogen (secondary N) is 2. The second-order valence-corrected chi connectivity index (χ2v) is 5.72. The summed E-state index contributed by atoms with van der Waals surface area (Å²) < 4.78 is 4.96. The van der Waals surface area contributed by atoms with Gasteiger partial charge in [-0.1, -0.05) is 18.2 Å². The molecule has 1 fully saturated rings. The van der Waals surface area contributed by atoms with E-state index >= 15 is 0 Å². The Morgan fingerprint density at radius 1 is 1.26 bits per heavy atom. The summed E-state index contributed by atoms with van der Waals surface area (Å²) in [5.74, 6) is -0.696. The number of hydrogen-bond acceptors (Lipinski definition) is 6. The summed E-state index contributed by atoms with van der Waals surface area (Å²) in [5, 5.41) is 2.75. The van der Waals surface area contributed by atoms with Crippen LogP contribution in [0.3, 0.4) is 0 Å². The lowest BCUT2D eigenvalue weighted by molar-refractivity contribution is -0.175. The first-order valence-electron chi connectivity index (χ1n) is 7.57. The summed E-state index contributed by atoms with van der Waals surface area (Å²) in [6.07, 6.45) is 1.03. The van der Waals surface area contributed by atoms with E-state index in [4.69, 9.17) is 9.57 Å². The topological polar surface area (TPSA) is 93.7 Å². The number of amides is 1. The van der Waals surface area contributed by atoms with Gasteiger partial charge in [0.1, 0.15) is 0 Å². The SMILES string of the molecule is CC(=O)OC1CC(CCC2NC(=O)c3ccccc3C2=O)NO1. The van der Waals surface area contributed by atoms with Gasteiger partial charge >= 0.3 is 5.97 Å². The van der Waals surface area contributed by atoms with Crippen LogP contribution in [0.25, 0.3) is 0 Å². The maximum Gasteiger partial charge on any atom is 0.304 e. The number of Topliss-reactive ketones (excluding diaryl/α,β-unsaturated/α-hetero) is 1. The van der Waals surface area contributed by atoms with E-state index in [-0.39, 0.29) is 17.7 Å². The van der Waals surface area contributed by atoms with Gasteiger partial charge in [-0.2, -0.15) is 5.48 Å². The number of carbonyl (C=O) groups is 3. The average molecular weight is 318 g/mol. The third-order valence-corrected chi connectivity index (χ3v) is 4.00. The molecule has 1 aromatic carbocycles. The Morgan fingerprint density at radius 3 is 2.74 bits per heavy atom. The highest BCUT2D eigenvalue weighted by Gasteiger charge is 2.33. The minimum atomic E-state index is -0.602. The summed E-state index contributed by atoms with van der Waals surface area (Å²) >= 11 is 0. The van der Waals surface area contributed by atoms with Crippen molar-refractivity contribution in [2.24, 2.45) is 0 Å². The van der Waals surface area contributed by atoms with E-state index in [1.54, 1.807) is 24.3 Å². The van der Waals surface area contributed by atoms with E-state index in [0.717, 1.165) is 0 Å². The van der Waals surface area contributed by atoms with E-state index in [1.165, 1.54) is 6.92 Å². The molecule has 0 aromatic heterocycles. The quantitative estimate of drug-likeness (QED) is 0.803. The largest absolute Gasteiger partial charge is 0.434 e. The highest BCUT2D eigenvalue weighted by atomic mass is 16.8. The molecule has 2 heterocycles. The number of benzene rings is 1. The number of hydrogen-bond donors (Lipinski definition) is 2. The van der Waals surface area contributed by atoms with Crippen LogP contribution < -0.4 is 10.8 Å². The molecule has 23 heavy (non-hydrogen) atoms. The van der Waals surface area contributed by atoms with Crippen LogP contribution in [-0.4, -0.2) is 36.0 Å². The maximum absolute atomic E-state index is 12.4. The number of hydroxylamine groups is 1. The van der Waals surface area contributed by atoms with Gasteiger partial charge in [-0.15, -0.1) is 0 Å². The molecule has 7 nitrogen and oxygen atoms in total. The van der Waals surface area contributed by atoms with Crippen molar-refractivity contribution in [1.29, 1.82) is 0 Å². The summed E-state index contributed by atoms with van der Waals surface area (Å²) in [6, 6.07) is 6.25. The minimum absolute atomic E-state index is 0.0266. The van der Waals surface area contributed by atoms with Gasteiger partial charge in [0.25, 0.3) is 5.91 Å². The first kappa shape index (κ1) is 15.6. The molecule has 0 radical (unpaired) electrons. The lowest BCUT2D eigenvalue weighted by Crippen LogP contribution is -2.46. The molecular weight excluding hydrogens is 300 g/mol. The van der Waals surface area contributed by atoms with Crippen molar-refractivity contribution in [2.75, 3.05) is 0 Å². The van der Waals surface area contributed by atoms with Crippen LogP contribution >= 0.6 is 0 Å². The van der Waals surface area contributed by atoms with Gasteiger partial charge in [-0.3, -0.25) is 19.2 Å². The fraction of sp³-hybridized carbons (Fsp3) is 0.438. The van der Waals surface area contributed by atoms with Crippen LogP contribution in [0.4, 0.5) is 0 Å². The molecule has 1 aromatic rings. The third-order valence-electron chi connectivity index (χ3n) is 4.00. The molecule has 122 valence electrons. The average Bonchev–Trinajstić information content (AvgIpc) is 2.96. The predicted molar refractivity (Wildman–Crippen MR) is 79.4 cm³/mol.